The van der Waals surface area contributed by atoms with Crippen molar-refractivity contribution in [2.24, 2.45) is 0 Å². The van der Waals surface area contributed by atoms with Crippen molar-refractivity contribution in [3.05, 3.63) is 11.6 Å². The van der Waals surface area contributed by atoms with Crippen LogP contribution in [0.5, 0.6) is 0 Å². The lowest BCUT2D eigenvalue weighted by atomic mass is 10.0. The van der Waals surface area contributed by atoms with Gasteiger partial charge < -0.3 is 14.8 Å². The molecule has 1 N–H and O–H groups in total. The van der Waals surface area contributed by atoms with Crippen molar-refractivity contribution < 1.29 is 0 Å². The fourth-order valence-electron chi connectivity index (χ4n) is 3.30. The minimum absolute atomic E-state index is 0.301. The van der Waals surface area contributed by atoms with E-state index in [1.165, 1.54) is 38.1 Å². The Hall–Kier alpha value is -0.940. The lowest BCUT2D eigenvalue weighted by Gasteiger charge is -2.33. The summed E-state index contributed by atoms with van der Waals surface area (Å²) >= 11 is 0. The van der Waals surface area contributed by atoms with Crippen molar-refractivity contribution in [2.75, 3.05) is 20.1 Å². The van der Waals surface area contributed by atoms with Gasteiger partial charge in [-0.15, -0.1) is 10.2 Å². The minimum atomic E-state index is 0.301. The summed E-state index contributed by atoms with van der Waals surface area (Å²) in [7, 11) is 2.24. The van der Waals surface area contributed by atoms with E-state index in [9.17, 15) is 0 Å². The highest BCUT2D eigenvalue weighted by atomic mass is 15.3. The standard InChI is InChI=1S/C14H25N5/c1-11(14-17-16-13-7-5-9-19(13)14)15-10-12-6-3-4-8-18(12)2/h11-12,15H,3-10H2,1-2H3. The van der Waals surface area contributed by atoms with Crippen molar-refractivity contribution in [2.45, 2.75) is 57.7 Å². The first kappa shape index (κ1) is 13.1. The summed E-state index contributed by atoms with van der Waals surface area (Å²) in [5.74, 6) is 2.28. The molecule has 106 valence electrons. The normalized spacial score (nSPS) is 25.5. The highest BCUT2D eigenvalue weighted by Crippen LogP contribution is 2.20. The van der Waals surface area contributed by atoms with Crippen LogP contribution in [0.1, 0.15) is 50.3 Å². The molecular weight excluding hydrogens is 238 g/mol. The second-order valence-corrected chi connectivity index (χ2v) is 5.99. The molecule has 0 bridgehead atoms. The van der Waals surface area contributed by atoms with Gasteiger partial charge in [-0.2, -0.15) is 0 Å². The van der Waals surface area contributed by atoms with Gasteiger partial charge in [0.15, 0.2) is 0 Å². The highest BCUT2D eigenvalue weighted by Gasteiger charge is 2.23. The number of fused-ring (bicyclic) bond motifs is 1. The van der Waals surface area contributed by atoms with E-state index in [1.54, 1.807) is 0 Å². The van der Waals surface area contributed by atoms with E-state index < -0.39 is 0 Å². The van der Waals surface area contributed by atoms with Crippen LogP contribution in [0, 0.1) is 0 Å². The fraction of sp³-hybridized carbons (Fsp3) is 0.857. The molecule has 5 heteroatoms. The van der Waals surface area contributed by atoms with E-state index >= 15 is 0 Å². The predicted octanol–water partition coefficient (Wildman–Crippen LogP) is 1.36. The molecule has 2 aliphatic rings. The molecule has 1 aromatic heterocycles. The van der Waals surface area contributed by atoms with Crippen LogP contribution >= 0.6 is 0 Å². The van der Waals surface area contributed by atoms with E-state index in [0.29, 0.717) is 12.1 Å². The first-order valence-electron chi connectivity index (χ1n) is 7.61. The summed E-state index contributed by atoms with van der Waals surface area (Å²) in [4.78, 5) is 2.48. The van der Waals surface area contributed by atoms with E-state index in [4.69, 9.17) is 0 Å². The van der Waals surface area contributed by atoms with E-state index in [1.807, 2.05) is 0 Å². The Labute approximate surface area is 115 Å². The number of nitrogens with one attached hydrogen (secondary N) is 1. The lowest BCUT2D eigenvalue weighted by Crippen LogP contribution is -2.43. The van der Waals surface area contributed by atoms with Gasteiger partial charge >= 0.3 is 0 Å². The molecule has 2 atom stereocenters. The van der Waals surface area contributed by atoms with Gasteiger partial charge in [-0.05, 0) is 39.8 Å². The maximum absolute atomic E-state index is 4.36. The Kier molecular flexibility index (Phi) is 3.84. The third kappa shape index (κ3) is 2.67. The van der Waals surface area contributed by atoms with Crippen molar-refractivity contribution >= 4 is 0 Å². The molecule has 19 heavy (non-hydrogen) atoms. The number of aromatic nitrogens is 3. The van der Waals surface area contributed by atoms with Crippen LogP contribution in [-0.2, 0) is 13.0 Å². The third-order valence-corrected chi connectivity index (χ3v) is 4.61. The SMILES string of the molecule is CC(NCC1CCCCN1C)c1nnc2n1CCC2. The van der Waals surface area contributed by atoms with E-state index in [-0.39, 0.29) is 0 Å². The molecule has 0 radical (unpaired) electrons. The van der Waals surface area contributed by atoms with Gasteiger partial charge in [0.1, 0.15) is 11.6 Å². The van der Waals surface area contributed by atoms with Crippen LogP contribution in [0.15, 0.2) is 0 Å². The molecule has 1 aromatic rings. The van der Waals surface area contributed by atoms with Crippen LogP contribution in [-0.4, -0.2) is 45.8 Å². The molecule has 1 saturated heterocycles. The van der Waals surface area contributed by atoms with Crippen molar-refractivity contribution in [3.63, 3.8) is 0 Å². The molecule has 5 nitrogen and oxygen atoms in total. The largest absolute Gasteiger partial charge is 0.314 e. The molecule has 0 aromatic carbocycles. The first-order valence-corrected chi connectivity index (χ1v) is 7.61. The third-order valence-electron chi connectivity index (χ3n) is 4.61. The number of likely N-dealkylation sites (tertiary alicyclic amines) is 1. The number of rotatable bonds is 4. The molecule has 0 amide bonds. The Morgan fingerprint density at radius 1 is 1.26 bits per heavy atom. The van der Waals surface area contributed by atoms with Gasteiger partial charge in [0.2, 0.25) is 0 Å². The first-order chi connectivity index (χ1) is 9.25. The number of hydrogen-bond donors (Lipinski definition) is 1. The highest BCUT2D eigenvalue weighted by molar-refractivity contribution is 5.04. The number of hydrogen-bond acceptors (Lipinski definition) is 4. The molecule has 3 rings (SSSR count). The molecule has 0 aliphatic carbocycles. The average molecular weight is 263 g/mol. The Balaban J connectivity index is 1.57. The zero-order chi connectivity index (χ0) is 13.2. The van der Waals surface area contributed by atoms with Crippen molar-refractivity contribution in [3.8, 4) is 0 Å². The maximum atomic E-state index is 4.36. The number of nitrogens with zero attached hydrogens (tertiary/aromatic N) is 4. The zero-order valence-electron chi connectivity index (χ0n) is 12.1. The van der Waals surface area contributed by atoms with E-state index in [0.717, 1.165) is 25.3 Å². The smallest absolute Gasteiger partial charge is 0.149 e. The lowest BCUT2D eigenvalue weighted by molar-refractivity contribution is 0.178. The molecule has 0 saturated carbocycles. The van der Waals surface area contributed by atoms with Crippen LogP contribution in [0.3, 0.4) is 0 Å². The summed E-state index contributed by atoms with van der Waals surface area (Å²) in [5.41, 5.74) is 0. The summed E-state index contributed by atoms with van der Waals surface area (Å²) in [6.45, 7) is 5.59. The van der Waals surface area contributed by atoms with Gasteiger partial charge in [-0.1, -0.05) is 6.42 Å². The second-order valence-electron chi connectivity index (χ2n) is 5.99. The van der Waals surface area contributed by atoms with Crippen molar-refractivity contribution in [1.82, 2.24) is 25.0 Å². The van der Waals surface area contributed by atoms with Gasteiger partial charge in [-0.3, -0.25) is 0 Å². The predicted molar refractivity (Wildman–Crippen MR) is 75.0 cm³/mol. The molecule has 2 aliphatic heterocycles. The van der Waals surface area contributed by atoms with Crippen molar-refractivity contribution in [1.29, 1.82) is 0 Å². The number of piperidine rings is 1. The summed E-state index contributed by atoms with van der Waals surface area (Å²) < 4.78 is 2.29. The Morgan fingerprint density at radius 2 is 2.16 bits per heavy atom. The second kappa shape index (κ2) is 5.59. The minimum Gasteiger partial charge on any atom is -0.314 e. The summed E-state index contributed by atoms with van der Waals surface area (Å²) in [5, 5.41) is 12.3. The molecule has 1 fully saturated rings. The van der Waals surface area contributed by atoms with Crippen LogP contribution in [0.2, 0.25) is 0 Å². The molecule has 2 unspecified atom stereocenters. The van der Waals surface area contributed by atoms with Crippen LogP contribution < -0.4 is 5.32 Å². The van der Waals surface area contributed by atoms with Gasteiger partial charge in [0, 0.05) is 25.6 Å². The molecular formula is C14H25N5. The Bertz CT molecular complexity index is 427. The Morgan fingerprint density at radius 3 is 3.00 bits per heavy atom. The zero-order valence-corrected chi connectivity index (χ0v) is 12.1. The average Bonchev–Trinajstić information content (AvgIpc) is 2.99. The fourth-order valence-corrected chi connectivity index (χ4v) is 3.30. The maximum Gasteiger partial charge on any atom is 0.149 e. The summed E-state index contributed by atoms with van der Waals surface area (Å²) in [6, 6.07) is 0.979. The quantitative estimate of drug-likeness (QED) is 0.891. The van der Waals surface area contributed by atoms with Crippen LogP contribution in [0.4, 0.5) is 0 Å². The van der Waals surface area contributed by atoms with Gasteiger partial charge in [-0.25, -0.2) is 0 Å². The molecule has 0 spiro atoms. The number of aryl methyl sites for hydroxylation is 1. The number of likely N-dealkylation sites (N-methyl/N-ethyl adjacent to an activating group) is 1. The van der Waals surface area contributed by atoms with Gasteiger partial charge in [0.05, 0.1) is 6.04 Å². The topological polar surface area (TPSA) is 46.0 Å². The molecule has 3 heterocycles. The van der Waals surface area contributed by atoms with Gasteiger partial charge in [0.25, 0.3) is 0 Å². The monoisotopic (exact) mass is 263 g/mol. The van der Waals surface area contributed by atoms with E-state index in [2.05, 4.69) is 39.0 Å². The summed E-state index contributed by atoms with van der Waals surface area (Å²) in [6.07, 6.45) is 6.33. The van der Waals surface area contributed by atoms with Crippen LogP contribution in [0.25, 0.3) is 0 Å².